The van der Waals surface area contributed by atoms with E-state index < -0.39 is 19.3 Å². The molecule has 0 heterocycles. The Labute approximate surface area is 114 Å². The standard InChI is InChI=1S/C5H14NO.Na.H2O5S2/c1-6(2,3)4-5-7;;1-6(2)7(3,4)5/h7H,4-5H2,1-3H3;;(H,1,2)(H,3,4,5)/q2*+1;/p-2. The molecule has 0 aromatic heterocycles. The van der Waals surface area contributed by atoms with Crippen LogP contribution in [0.1, 0.15) is 0 Å². The van der Waals surface area contributed by atoms with Crippen LogP contribution in [0, 0.1) is 0 Å². The third-order valence-corrected chi connectivity index (χ3v) is 2.27. The Morgan fingerprint density at radius 2 is 1.60 bits per heavy atom. The Balaban J connectivity index is -0.000000180. The van der Waals surface area contributed by atoms with Crippen molar-refractivity contribution in [2.45, 2.75) is 0 Å². The van der Waals surface area contributed by atoms with Gasteiger partial charge in [-0.3, -0.25) is 4.21 Å². The van der Waals surface area contributed by atoms with Crippen LogP contribution < -0.4 is 29.6 Å². The molecule has 0 saturated carbocycles. The number of rotatable bonds is 3. The van der Waals surface area contributed by atoms with Gasteiger partial charge in [-0.05, 0) is 0 Å². The first-order valence-electron chi connectivity index (χ1n) is 3.47. The average molecular weight is 271 g/mol. The fourth-order valence-corrected chi connectivity index (χ4v) is 0.300. The largest absolute Gasteiger partial charge is 1.00 e. The number of nitrogens with zero attached hydrogens (tertiary/aromatic N) is 1. The molecule has 0 amide bonds. The summed E-state index contributed by atoms with van der Waals surface area (Å²) in [7, 11) is -2.43. The zero-order valence-electron chi connectivity index (χ0n) is 9.17. The summed E-state index contributed by atoms with van der Waals surface area (Å²) in [5.41, 5.74) is 0. The second-order valence-corrected chi connectivity index (χ2v) is 6.62. The topological polar surface area (TPSA) is 118 Å². The van der Waals surface area contributed by atoms with E-state index in [4.69, 9.17) is 26.8 Å². The summed E-state index contributed by atoms with van der Waals surface area (Å²) in [4.78, 5) is 0. The zero-order valence-corrected chi connectivity index (χ0v) is 12.8. The van der Waals surface area contributed by atoms with E-state index in [2.05, 4.69) is 21.1 Å². The second-order valence-electron chi connectivity index (χ2n) is 3.35. The van der Waals surface area contributed by atoms with Crippen LogP contribution >= 0.6 is 0 Å². The van der Waals surface area contributed by atoms with Gasteiger partial charge in [-0.2, -0.15) is 0 Å². The molecule has 0 aliphatic heterocycles. The van der Waals surface area contributed by atoms with Gasteiger partial charge in [0, 0.05) is 0 Å². The fourth-order valence-electron chi connectivity index (χ4n) is 0.300. The van der Waals surface area contributed by atoms with E-state index in [0.717, 1.165) is 11.0 Å². The second kappa shape index (κ2) is 9.02. The maximum atomic E-state index is 9.16. The predicted octanol–water partition coefficient (Wildman–Crippen LogP) is -4.99. The summed E-state index contributed by atoms with van der Waals surface area (Å²) in [6, 6.07) is 0. The van der Waals surface area contributed by atoms with Crippen molar-refractivity contribution in [2.75, 3.05) is 34.3 Å². The van der Waals surface area contributed by atoms with E-state index in [-0.39, 0.29) is 36.2 Å². The quantitative estimate of drug-likeness (QED) is 0.181. The van der Waals surface area contributed by atoms with Crippen LogP contribution in [0.25, 0.3) is 0 Å². The molecule has 10 heteroatoms. The summed E-state index contributed by atoms with van der Waals surface area (Å²) >= 11 is 0. The number of likely N-dealkylation sites (N-methyl/N-ethyl adjacent to an activating group) is 1. The summed E-state index contributed by atoms with van der Waals surface area (Å²) < 4.78 is 46.6. The Morgan fingerprint density at radius 1 is 1.33 bits per heavy atom. The van der Waals surface area contributed by atoms with Gasteiger partial charge in [0.1, 0.15) is 6.54 Å². The third kappa shape index (κ3) is 20.9. The molecule has 7 nitrogen and oxygen atoms in total. The molecule has 1 atom stereocenters. The van der Waals surface area contributed by atoms with Gasteiger partial charge < -0.3 is 18.7 Å². The van der Waals surface area contributed by atoms with E-state index in [1.165, 1.54) is 0 Å². The van der Waals surface area contributed by atoms with Crippen molar-refractivity contribution < 1.29 is 60.9 Å². The van der Waals surface area contributed by atoms with Gasteiger partial charge in [0.15, 0.2) is 9.15 Å². The van der Waals surface area contributed by atoms with E-state index in [1.54, 1.807) is 0 Å². The van der Waals surface area contributed by atoms with Gasteiger partial charge in [-0.25, -0.2) is 8.42 Å². The van der Waals surface area contributed by atoms with Crippen molar-refractivity contribution >= 4 is 19.3 Å². The van der Waals surface area contributed by atoms with Crippen molar-refractivity contribution in [1.82, 2.24) is 0 Å². The van der Waals surface area contributed by atoms with E-state index >= 15 is 0 Å². The molecular weight excluding hydrogens is 257 g/mol. The Kier molecular flexibility index (Phi) is 12.8. The van der Waals surface area contributed by atoms with Crippen LogP contribution in [-0.2, 0) is 19.3 Å². The number of aliphatic hydroxyl groups is 1. The molecule has 15 heavy (non-hydrogen) atoms. The van der Waals surface area contributed by atoms with E-state index in [0.29, 0.717) is 0 Å². The average Bonchev–Trinajstić information content (AvgIpc) is 1.82. The molecular formula is C5H14NNaO6S2. The molecule has 0 aliphatic rings. The van der Waals surface area contributed by atoms with Crippen LogP contribution in [-0.4, -0.2) is 65.6 Å². The van der Waals surface area contributed by atoms with Crippen LogP contribution in [0.4, 0.5) is 0 Å². The summed E-state index contributed by atoms with van der Waals surface area (Å²) in [5, 5.41) is 8.39. The SMILES string of the molecule is C[N+](C)(C)CCO.O=S([O-])S(=O)(=O)[O-].[Na+]. The summed E-state index contributed by atoms with van der Waals surface area (Å²) in [5.74, 6) is 0. The normalized spacial score (nSPS) is 13.2. The van der Waals surface area contributed by atoms with Crippen molar-refractivity contribution in [3.63, 3.8) is 0 Å². The predicted molar refractivity (Wildman–Crippen MR) is 48.6 cm³/mol. The molecule has 0 fully saturated rings. The Morgan fingerprint density at radius 3 is 1.60 bits per heavy atom. The first-order valence-corrected chi connectivity index (χ1v) is 6.47. The first kappa shape index (κ1) is 21.2. The molecule has 0 bridgehead atoms. The minimum absolute atomic E-state index is 0. The maximum Gasteiger partial charge on any atom is 1.00 e. The number of aliphatic hydroxyl groups excluding tert-OH is 1. The molecule has 1 unspecified atom stereocenters. The summed E-state index contributed by atoms with van der Waals surface area (Å²) in [6.45, 7) is 1.11. The molecule has 0 aliphatic carbocycles. The fraction of sp³-hybridized carbons (Fsp3) is 1.00. The molecule has 0 saturated heterocycles. The molecule has 0 rings (SSSR count). The molecule has 0 aromatic rings. The van der Waals surface area contributed by atoms with Crippen molar-refractivity contribution in [2.24, 2.45) is 0 Å². The molecule has 1 N–H and O–H groups in total. The van der Waals surface area contributed by atoms with Crippen LogP contribution in [0.2, 0.25) is 0 Å². The molecule has 88 valence electrons. The maximum absolute atomic E-state index is 9.16. The van der Waals surface area contributed by atoms with E-state index in [9.17, 15) is 0 Å². The summed E-state index contributed by atoms with van der Waals surface area (Å²) in [6.07, 6.45) is 0. The van der Waals surface area contributed by atoms with Crippen LogP contribution in [0.5, 0.6) is 0 Å². The van der Waals surface area contributed by atoms with Gasteiger partial charge >= 0.3 is 29.6 Å². The number of hydrogen-bond donors (Lipinski definition) is 1. The first-order chi connectivity index (χ1) is 6.00. The molecule has 0 aromatic carbocycles. The third-order valence-electron chi connectivity index (χ3n) is 0.937. The monoisotopic (exact) mass is 271 g/mol. The van der Waals surface area contributed by atoms with Gasteiger partial charge in [-0.15, -0.1) is 0 Å². The number of hydrogen-bond acceptors (Lipinski definition) is 6. The van der Waals surface area contributed by atoms with Gasteiger partial charge in [0.25, 0.3) is 0 Å². The molecule has 0 spiro atoms. The molecule has 0 radical (unpaired) electrons. The Hall–Kier alpha value is 0.940. The van der Waals surface area contributed by atoms with Gasteiger partial charge in [0.05, 0.1) is 37.9 Å². The van der Waals surface area contributed by atoms with Gasteiger partial charge in [-0.1, -0.05) is 0 Å². The van der Waals surface area contributed by atoms with Gasteiger partial charge in [0.2, 0.25) is 0 Å². The van der Waals surface area contributed by atoms with E-state index in [1.807, 2.05) is 0 Å². The van der Waals surface area contributed by atoms with Crippen molar-refractivity contribution in [3.05, 3.63) is 0 Å². The zero-order chi connectivity index (χ0) is 12.0. The minimum atomic E-state index is -5.07. The smallest absolute Gasteiger partial charge is 0.761 e. The van der Waals surface area contributed by atoms with Crippen molar-refractivity contribution in [1.29, 1.82) is 0 Å². The van der Waals surface area contributed by atoms with Crippen LogP contribution in [0.3, 0.4) is 0 Å². The number of quaternary nitrogens is 1. The Bertz CT molecular complexity index is 272. The minimum Gasteiger partial charge on any atom is -0.761 e. The van der Waals surface area contributed by atoms with Crippen molar-refractivity contribution in [3.8, 4) is 0 Å². The van der Waals surface area contributed by atoms with Crippen LogP contribution in [0.15, 0.2) is 0 Å².